The third kappa shape index (κ3) is 6.09. The Morgan fingerprint density at radius 2 is 1.56 bits per heavy atom. The highest BCUT2D eigenvalue weighted by atomic mass is 16.5. The van der Waals surface area contributed by atoms with Crippen LogP contribution >= 0.6 is 0 Å². The molecule has 198 valence electrons. The van der Waals surface area contributed by atoms with Crippen LogP contribution in [0.15, 0.2) is 72.9 Å². The minimum Gasteiger partial charge on any atom is -0.493 e. The molecule has 7 nitrogen and oxygen atoms in total. The van der Waals surface area contributed by atoms with E-state index in [-0.39, 0.29) is 25.2 Å². The van der Waals surface area contributed by atoms with E-state index in [4.69, 9.17) is 9.84 Å². The number of carbonyl (C=O) groups is 3. The summed E-state index contributed by atoms with van der Waals surface area (Å²) in [6, 6.07) is 21.8. The van der Waals surface area contributed by atoms with Gasteiger partial charge in [-0.2, -0.15) is 0 Å². The zero-order valence-electron chi connectivity index (χ0n) is 21.4. The number of ether oxygens (including phenoxy) is 1. The number of carbonyl (C=O) groups excluding carboxylic acids is 1. The molecule has 0 atom stereocenters. The first-order chi connectivity index (χ1) is 18.9. The van der Waals surface area contributed by atoms with Crippen molar-refractivity contribution in [3.05, 3.63) is 101 Å². The highest BCUT2D eigenvalue weighted by Crippen LogP contribution is 2.29. The molecular formula is C32H29NO6. The van der Waals surface area contributed by atoms with Gasteiger partial charge in [-0.05, 0) is 47.2 Å². The second kappa shape index (κ2) is 11.4. The predicted molar refractivity (Wildman–Crippen MR) is 149 cm³/mol. The lowest BCUT2D eigenvalue weighted by Gasteiger charge is -2.11. The molecule has 0 saturated carbocycles. The van der Waals surface area contributed by atoms with Crippen LogP contribution in [0.25, 0.3) is 23.1 Å². The van der Waals surface area contributed by atoms with Crippen molar-refractivity contribution in [1.82, 2.24) is 4.57 Å². The summed E-state index contributed by atoms with van der Waals surface area (Å²) in [6.45, 7) is 0.353. The van der Waals surface area contributed by atoms with Gasteiger partial charge in [0, 0.05) is 29.5 Å². The molecule has 5 rings (SSSR count). The minimum atomic E-state index is -1.05. The zero-order chi connectivity index (χ0) is 27.4. The molecule has 7 heteroatoms. The van der Waals surface area contributed by atoms with E-state index in [0.29, 0.717) is 29.0 Å². The molecule has 1 aromatic heterocycles. The van der Waals surface area contributed by atoms with E-state index in [9.17, 15) is 19.5 Å². The maximum Gasteiger partial charge on any atom is 0.323 e. The number of fused-ring (bicyclic) bond motifs is 2. The van der Waals surface area contributed by atoms with Gasteiger partial charge < -0.3 is 19.5 Å². The molecule has 0 bridgehead atoms. The smallest absolute Gasteiger partial charge is 0.323 e. The van der Waals surface area contributed by atoms with Gasteiger partial charge in [-0.15, -0.1) is 0 Å². The van der Waals surface area contributed by atoms with Crippen LogP contribution in [0.5, 0.6) is 5.75 Å². The normalized spacial score (nSPS) is 13.1. The van der Waals surface area contributed by atoms with E-state index in [1.165, 1.54) is 21.9 Å². The van der Waals surface area contributed by atoms with Crippen LogP contribution in [0.2, 0.25) is 0 Å². The van der Waals surface area contributed by atoms with Gasteiger partial charge in [-0.25, -0.2) is 0 Å². The van der Waals surface area contributed by atoms with E-state index in [1.807, 2.05) is 42.5 Å². The van der Waals surface area contributed by atoms with Crippen LogP contribution in [0.1, 0.15) is 45.5 Å². The molecule has 0 radical (unpaired) electrons. The average Bonchev–Trinajstić information content (AvgIpc) is 3.51. The molecule has 1 aliphatic carbocycles. The standard InChI is InChI=1S/C32H29NO6/c34-29(14-15-30(35)36)28-18-33(19-31(37)38)32-23(6-3-7-27(28)32)11-8-21-9-12-26(13-10-21)39-20-22-16-24-4-1-2-5-25(24)17-22/h1-13,18,22H,14-17,19-20H2,(H,35,36)(H,37,38)/b11-8+. The summed E-state index contributed by atoms with van der Waals surface area (Å²) in [5.74, 6) is -1.13. The number of carboxylic acid groups (broad SMARTS) is 2. The third-order valence-corrected chi connectivity index (χ3v) is 7.06. The number of Topliss-reactive ketones (excluding diaryl/α,β-unsaturated/α-hetero) is 1. The highest BCUT2D eigenvalue weighted by Gasteiger charge is 2.21. The van der Waals surface area contributed by atoms with Crippen molar-refractivity contribution in [1.29, 1.82) is 0 Å². The van der Waals surface area contributed by atoms with E-state index < -0.39 is 11.9 Å². The first-order valence-electron chi connectivity index (χ1n) is 12.9. The average molecular weight is 524 g/mol. The van der Waals surface area contributed by atoms with E-state index >= 15 is 0 Å². The van der Waals surface area contributed by atoms with Crippen LogP contribution in [0.3, 0.4) is 0 Å². The third-order valence-electron chi connectivity index (χ3n) is 7.06. The van der Waals surface area contributed by atoms with E-state index in [2.05, 4.69) is 24.3 Å². The van der Waals surface area contributed by atoms with Crippen LogP contribution in [0.4, 0.5) is 0 Å². The molecule has 2 N–H and O–H groups in total. The molecule has 1 aliphatic rings. The Bertz CT molecular complexity index is 1540. The van der Waals surface area contributed by atoms with Crippen molar-refractivity contribution >= 4 is 40.8 Å². The molecule has 1 heterocycles. The molecule has 0 spiro atoms. The largest absolute Gasteiger partial charge is 0.493 e. The maximum atomic E-state index is 12.7. The van der Waals surface area contributed by atoms with Crippen molar-refractivity contribution in [3.8, 4) is 5.75 Å². The first kappa shape index (κ1) is 26.0. The van der Waals surface area contributed by atoms with Crippen LogP contribution in [0, 0.1) is 5.92 Å². The molecule has 0 amide bonds. The molecule has 39 heavy (non-hydrogen) atoms. The lowest BCUT2D eigenvalue weighted by atomic mass is 10.0. The Morgan fingerprint density at radius 1 is 0.846 bits per heavy atom. The molecule has 4 aromatic rings. The Hall–Kier alpha value is -4.65. The van der Waals surface area contributed by atoms with Gasteiger partial charge in [0.2, 0.25) is 0 Å². The summed E-state index contributed by atoms with van der Waals surface area (Å²) < 4.78 is 7.59. The number of rotatable bonds is 11. The lowest BCUT2D eigenvalue weighted by molar-refractivity contribution is -0.138. The molecule has 0 fully saturated rings. The van der Waals surface area contributed by atoms with E-state index in [1.54, 1.807) is 12.1 Å². The number of ketones is 1. The van der Waals surface area contributed by atoms with Crippen LogP contribution < -0.4 is 4.74 Å². The monoisotopic (exact) mass is 523 g/mol. The number of hydrogen-bond acceptors (Lipinski definition) is 4. The Balaban J connectivity index is 1.31. The highest BCUT2D eigenvalue weighted by molar-refractivity contribution is 6.10. The summed E-state index contributed by atoms with van der Waals surface area (Å²) in [5.41, 5.74) is 5.47. The Kier molecular flexibility index (Phi) is 7.59. The summed E-state index contributed by atoms with van der Waals surface area (Å²) in [5, 5.41) is 19.0. The van der Waals surface area contributed by atoms with Gasteiger partial charge in [-0.1, -0.05) is 66.7 Å². The van der Waals surface area contributed by atoms with Crippen molar-refractivity contribution in [2.45, 2.75) is 32.2 Å². The fraction of sp³-hybridized carbons (Fsp3) is 0.219. The summed E-state index contributed by atoms with van der Waals surface area (Å²) in [6.07, 6.45) is 6.98. The maximum absolute atomic E-state index is 12.7. The first-order valence-corrected chi connectivity index (χ1v) is 12.9. The Labute approximate surface area is 226 Å². The fourth-order valence-electron chi connectivity index (χ4n) is 5.21. The Morgan fingerprint density at radius 3 is 2.23 bits per heavy atom. The van der Waals surface area contributed by atoms with Crippen molar-refractivity contribution < 1.29 is 29.3 Å². The van der Waals surface area contributed by atoms with Gasteiger partial charge in [0.15, 0.2) is 5.78 Å². The number of para-hydroxylation sites is 1. The molecule has 0 aliphatic heterocycles. The van der Waals surface area contributed by atoms with E-state index in [0.717, 1.165) is 29.7 Å². The van der Waals surface area contributed by atoms with Crippen molar-refractivity contribution in [3.63, 3.8) is 0 Å². The van der Waals surface area contributed by atoms with Gasteiger partial charge in [0.1, 0.15) is 12.3 Å². The fourth-order valence-corrected chi connectivity index (χ4v) is 5.21. The van der Waals surface area contributed by atoms with Crippen LogP contribution in [-0.4, -0.2) is 39.1 Å². The number of carboxylic acids is 2. The van der Waals surface area contributed by atoms with Gasteiger partial charge in [-0.3, -0.25) is 14.4 Å². The number of hydrogen-bond donors (Lipinski definition) is 2. The number of benzene rings is 3. The number of nitrogens with zero attached hydrogens (tertiary/aromatic N) is 1. The summed E-state index contributed by atoms with van der Waals surface area (Å²) >= 11 is 0. The molecule has 0 saturated heterocycles. The predicted octanol–water partition coefficient (Wildman–Crippen LogP) is 5.74. The van der Waals surface area contributed by atoms with Gasteiger partial charge in [0.25, 0.3) is 0 Å². The lowest BCUT2D eigenvalue weighted by Crippen LogP contribution is -2.11. The second-order valence-electron chi connectivity index (χ2n) is 9.88. The van der Waals surface area contributed by atoms with Gasteiger partial charge >= 0.3 is 11.9 Å². The van der Waals surface area contributed by atoms with Crippen molar-refractivity contribution in [2.24, 2.45) is 5.92 Å². The summed E-state index contributed by atoms with van der Waals surface area (Å²) in [4.78, 5) is 35.2. The zero-order valence-corrected chi connectivity index (χ0v) is 21.4. The number of aromatic nitrogens is 1. The minimum absolute atomic E-state index is 0.149. The van der Waals surface area contributed by atoms with Gasteiger partial charge in [0.05, 0.1) is 18.5 Å². The topological polar surface area (TPSA) is 106 Å². The summed E-state index contributed by atoms with van der Waals surface area (Å²) in [7, 11) is 0. The second-order valence-corrected chi connectivity index (χ2v) is 9.88. The van der Waals surface area contributed by atoms with Crippen molar-refractivity contribution in [2.75, 3.05) is 6.61 Å². The quantitative estimate of drug-likeness (QED) is 0.192. The molecule has 3 aromatic carbocycles. The number of aliphatic carboxylic acids is 2. The SMILES string of the molecule is O=C(O)CCC(=O)c1cn(CC(=O)O)c2c(/C=C/c3ccc(OCC4Cc5ccccc5C4)cc3)cccc12. The van der Waals surface area contributed by atoms with Crippen LogP contribution in [-0.2, 0) is 29.0 Å². The molecular weight excluding hydrogens is 494 g/mol. The molecule has 0 unspecified atom stereocenters.